The van der Waals surface area contributed by atoms with Crippen LogP contribution >= 0.6 is 34.8 Å². The zero-order valence-electron chi connectivity index (χ0n) is 15.5. The lowest BCUT2D eigenvalue weighted by molar-refractivity contribution is 0.768. The van der Waals surface area contributed by atoms with E-state index in [0.29, 0.717) is 15.2 Å². The number of fused-ring (bicyclic) bond motifs is 3. The Morgan fingerprint density at radius 2 is 1.76 bits per heavy atom. The van der Waals surface area contributed by atoms with Gasteiger partial charge in [-0.15, -0.1) is 0 Å². The highest BCUT2D eigenvalue weighted by atomic mass is 35.5. The van der Waals surface area contributed by atoms with Crippen LogP contribution in [0.15, 0.2) is 48.9 Å². The minimum absolute atomic E-state index is 0.424. The van der Waals surface area contributed by atoms with Crippen molar-refractivity contribution in [1.29, 1.82) is 0 Å². The summed E-state index contributed by atoms with van der Waals surface area (Å²) in [6, 6.07) is 9.37. The summed E-state index contributed by atoms with van der Waals surface area (Å²) in [6.07, 6.45) is 5.60. The Morgan fingerprint density at radius 1 is 1.00 bits per heavy atom. The zero-order chi connectivity index (χ0) is 20.3. The molecule has 0 amide bonds. The fourth-order valence-corrected chi connectivity index (χ4v) is 4.40. The van der Waals surface area contributed by atoms with E-state index in [1.807, 2.05) is 61.1 Å². The van der Waals surface area contributed by atoms with Crippen molar-refractivity contribution in [3.63, 3.8) is 0 Å². The Morgan fingerprint density at radius 3 is 2.45 bits per heavy atom. The predicted octanol–water partition coefficient (Wildman–Crippen LogP) is 6.22. The van der Waals surface area contributed by atoms with Gasteiger partial charge >= 0.3 is 0 Å². The molecule has 29 heavy (non-hydrogen) atoms. The fraction of sp³-hybridized carbons (Fsp3) is 0.0952. The Kier molecular flexibility index (Phi) is 4.28. The molecule has 0 saturated heterocycles. The summed E-state index contributed by atoms with van der Waals surface area (Å²) in [6.45, 7) is 1.99. The van der Waals surface area contributed by atoms with Gasteiger partial charge in [0.05, 0.1) is 27.5 Å². The van der Waals surface area contributed by atoms with Crippen molar-refractivity contribution in [2.45, 2.75) is 6.92 Å². The average Bonchev–Trinajstić information content (AvgIpc) is 3.25. The van der Waals surface area contributed by atoms with Crippen molar-refractivity contribution in [3.8, 4) is 22.4 Å². The number of benzene rings is 1. The number of hydrogen-bond donors (Lipinski definition) is 0. The maximum absolute atomic E-state index is 6.46. The number of aryl methyl sites for hydroxylation is 2. The van der Waals surface area contributed by atoms with E-state index >= 15 is 0 Å². The number of aromatic nitrogens is 5. The molecule has 0 spiro atoms. The van der Waals surface area contributed by atoms with Gasteiger partial charge in [-0.3, -0.25) is 4.68 Å². The second-order valence-electron chi connectivity index (χ2n) is 6.81. The van der Waals surface area contributed by atoms with Gasteiger partial charge in [-0.2, -0.15) is 5.10 Å². The van der Waals surface area contributed by atoms with Crippen molar-refractivity contribution in [3.05, 3.63) is 69.8 Å². The quantitative estimate of drug-likeness (QED) is 0.305. The van der Waals surface area contributed by atoms with E-state index in [1.54, 1.807) is 10.9 Å². The molecule has 8 heteroatoms. The monoisotopic (exact) mass is 441 g/mol. The van der Waals surface area contributed by atoms with Crippen LogP contribution < -0.4 is 0 Å². The molecular formula is C21H14Cl3N5. The lowest BCUT2D eigenvalue weighted by atomic mass is 10.1. The van der Waals surface area contributed by atoms with Gasteiger partial charge in [-0.1, -0.05) is 40.9 Å². The first-order valence-electron chi connectivity index (χ1n) is 8.85. The van der Waals surface area contributed by atoms with Gasteiger partial charge in [-0.25, -0.2) is 9.97 Å². The molecule has 0 fully saturated rings. The first-order chi connectivity index (χ1) is 13.9. The highest BCUT2D eigenvalue weighted by Crippen LogP contribution is 2.38. The van der Waals surface area contributed by atoms with E-state index < -0.39 is 0 Å². The van der Waals surface area contributed by atoms with E-state index in [1.165, 1.54) is 0 Å². The van der Waals surface area contributed by atoms with Gasteiger partial charge in [0.2, 0.25) is 0 Å². The highest BCUT2D eigenvalue weighted by Gasteiger charge is 2.19. The predicted molar refractivity (Wildman–Crippen MR) is 118 cm³/mol. The number of nitrogens with zero attached hydrogens (tertiary/aromatic N) is 5. The van der Waals surface area contributed by atoms with Gasteiger partial charge in [-0.05, 0) is 31.2 Å². The molecule has 144 valence electrons. The van der Waals surface area contributed by atoms with Crippen LogP contribution in [-0.4, -0.2) is 24.1 Å². The van der Waals surface area contributed by atoms with E-state index in [9.17, 15) is 0 Å². The van der Waals surface area contributed by atoms with E-state index in [0.717, 1.165) is 44.6 Å². The summed E-state index contributed by atoms with van der Waals surface area (Å²) >= 11 is 19.3. The van der Waals surface area contributed by atoms with Crippen molar-refractivity contribution in [2.75, 3.05) is 0 Å². The number of halogens is 3. The molecule has 0 unspecified atom stereocenters. The Hall–Kier alpha value is -2.60. The first kappa shape index (κ1) is 18.4. The molecule has 0 bridgehead atoms. The van der Waals surface area contributed by atoms with Gasteiger partial charge in [0.1, 0.15) is 10.8 Å². The largest absolute Gasteiger partial charge is 0.303 e. The minimum atomic E-state index is 0.424. The molecule has 0 atom stereocenters. The van der Waals surface area contributed by atoms with Crippen LogP contribution in [0.4, 0.5) is 0 Å². The van der Waals surface area contributed by atoms with Crippen LogP contribution in [-0.2, 0) is 7.05 Å². The summed E-state index contributed by atoms with van der Waals surface area (Å²) in [7, 11) is 1.86. The highest BCUT2D eigenvalue weighted by molar-refractivity contribution is 6.39. The Labute approximate surface area is 181 Å². The SMILES string of the molecule is Cc1c(-c2c(Cl)cccc2Cl)nc2c3cc(-c4cnn(C)c4)c(Cl)nc3ccn12. The summed E-state index contributed by atoms with van der Waals surface area (Å²) < 4.78 is 3.74. The van der Waals surface area contributed by atoms with Crippen LogP contribution in [0.25, 0.3) is 38.9 Å². The number of hydrogen-bond acceptors (Lipinski definition) is 3. The lowest BCUT2D eigenvalue weighted by Gasteiger charge is -2.06. The van der Waals surface area contributed by atoms with E-state index in [2.05, 4.69) is 10.1 Å². The molecule has 4 aromatic heterocycles. The van der Waals surface area contributed by atoms with E-state index in [-0.39, 0.29) is 0 Å². The summed E-state index contributed by atoms with van der Waals surface area (Å²) in [4.78, 5) is 9.47. The molecule has 5 rings (SSSR count). The molecule has 4 heterocycles. The average molecular weight is 443 g/mol. The summed E-state index contributed by atoms with van der Waals surface area (Å²) in [5, 5.41) is 6.66. The van der Waals surface area contributed by atoms with Gasteiger partial charge in [0.15, 0.2) is 0 Å². The third kappa shape index (κ3) is 2.89. The van der Waals surface area contributed by atoms with Crippen LogP contribution in [0.3, 0.4) is 0 Å². The minimum Gasteiger partial charge on any atom is -0.303 e. The molecule has 0 radical (unpaired) electrons. The normalized spacial score (nSPS) is 11.6. The fourth-order valence-electron chi connectivity index (χ4n) is 3.56. The van der Waals surface area contributed by atoms with Gasteiger partial charge in [0, 0.05) is 47.2 Å². The molecule has 1 aromatic carbocycles. The molecule has 5 nitrogen and oxygen atoms in total. The van der Waals surface area contributed by atoms with Crippen molar-refractivity contribution in [1.82, 2.24) is 24.1 Å². The molecule has 0 aliphatic heterocycles. The second kappa shape index (κ2) is 6.73. The molecule has 5 aromatic rings. The Bertz CT molecular complexity index is 1400. The van der Waals surface area contributed by atoms with Crippen molar-refractivity contribution in [2.24, 2.45) is 7.05 Å². The van der Waals surface area contributed by atoms with Crippen LogP contribution in [0.5, 0.6) is 0 Å². The molecule has 0 saturated carbocycles. The van der Waals surface area contributed by atoms with Crippen LogP contribution in [0.2, 0.25) is 15.2 Å². The smallest absolute Gasteiger partial charge is 0.147 e. The summed E-state index contributed by atoms with van der Waals surface area (Å²) in [5.74, 6) is 0. The lowest BCUT2D eigenvalue weighted by Crippen LogP contribution is -1.92. The van der Waals surface area contributed by atoms with Gasteiger partial charge < -0.3 is 4.40 Å². The maximum atomic E-state index is 6.46. The van der Waals surface area contributed by atoms with Crippen molar-refractivity contribution < 1.29 is 0 Å². The Balaban J connectivity index is 1.83. The molecule has 0 aliphatic rings. The third-order valence-electron chi connectivity index (χ3n) is 4.99. The molecule has 0 N–H and O–H groups in total. The second-order valence-corrected chi connectivity index (χ2v) is 7.99. The van der Waals surface area contributed by atoms with Crippen LogP contribution in [0, 0.1) is 6.92 Å². The van der Waals surface area contributed by atoms with E-state index in [4.69, 9.17) is 39.8 Å². The standard InChI is InChI=1S/C21H14Cl3N5/c1-11-19(18-15(22)4-3-5-16(18)23)27-21-14-8-13(12-9-25-28(2)10-12)20(24)26-17(14)6-7-29(11)21/h3-10H,1-2H3. The number of imidazole rings is 1. The molecule has 0 aliphatic carbocycles. The number of rotatable bonds is 2. The topological polar surface area (TPSA) is 48.0 Å². The zero-order valence-corrected chi connectivity index (χ0v) is 17.8. The molecular weight excluding hydrogens is 429 g/mol. The van der Waals surface area contributed by atoms with Crippen LogP contribution in [0.1, 0.15) is 5.69 Å². The van der Waals surface area contributed by atoms with Crippen molar-refractivity contribution >= 4 is 51.4 Å². The summed E-state index contributed by atoms with van der Waals surface area (Å²) in [5.41, 5.74) is 5.63. The third-order valence-corrected chi connectivity index (χ3v) is 5.91. The maximum Gasteiger partial charge on any atom is 0.147 e. The first-order valence-corrected chi connectivity index (χ1v) is 9.99. The van der Waals surface area contributed by atoms with Gasteiger partial charge in [0.25, 0.3) is 0 Å². The number of pyridine rings is 2.